The van der Waals surface area contributed by atoms with Crippen molar-refractivity contribution in [3.05, 3.63) is 189 Å². The van der Waals surface area contributed by atoms with Crippen molar-refractivity contribution in [1.82, 2.24) is 14.9 Å². The summed E-state index contributed by atoms with van der Waals surface area (Å²) in [5, 5.41) is 9.84. The highest BCUT2D eigenvalue weighted by atomic mass is 19.1. The van der Waals surface area contributed by atoms with Crippen molar-refractivity contribution < 1.29 is 18.3 Å². The minimum Gasteiger partial charge on any atom is -0.467 e. The number of unbranched alkanes of at least 4 members (excludes halogenated alkanes) is 1. The van der Waals surface area contributed by atoms with Crippen LogP contribution in [0, 0.1) is 17.1 Å². The highest BCUT2D eigenvalue weighted by Crippen LogP contribution is 2.31. The lowest BCUT2D eigenvalue weighted by Crippen LogP contribution is -2.36. The van der Waals surface area contributed by atoms with Crippen molar-refractivity contribution >= 4 is 0 Å². The first-order chi connectivity index (χ1) is 27.1. The van der Waals surface area contributed by atoms with E-state index in [0.29, 0.717) is 34.9 Å². The summed E-state index contributed by atoms with van der Waals surface area (Å²) in [6, 6.07) is 20.2. The predicted octanol–water partition coefficient (Wildman–Crippen LogP) is 8.78. The first kappa shape index (κ1) is 40.2. The summed E-state index contributed by atoms with van der Waals surface area (Å²) in [6.45, 7) is 11.0. The molecule has 0 bridgehead atoms. The average Bonchev–Trinajstić information content (AvgIpc) is 3.63. The molecule has 1 aliphatic rings. The molecule has 8 heteroatoms. The molecule has 266 valence electrons. The Kier molecular flexibility index (Phi) is 17.4. The fraction of sp³-hybridized carbons (Fsp3) is 0.191. The van der Waals surface area contributed by atoms with Crippen LogP contribution in [-0.2, 0) is 17.8 Å². The predicted molar refractivity (Wildman–Crippen MR) is 205 cm³/mol. The van der Waals surface area contributed by atoms with E-state index in [1.54, 1.807) is 30.5 Å². The standard InChI is InChI=1S/C30H29FN4O3.C17H4/c31-26-11-5-4-10-24(26)29-27(12-6-7-15-35-16-18-36-19-17-35)38-28(34-29)21-37-30-25(20-32)23(13-14-33-30)22-8-2-1-3-9-22;1-3-5-7-9-11-13-15-17-16-14-12-10-8-6-4-2/h1-5,8-11,13-14H,6-7,12,15-19,21H2;1-2H2. The zero-order valence-corrected chi connectivity index (χ0v) is 30.0. The van der Waals surface area contributed by atoms with E-state index >= 15 is 0 Å². The number of aryl methyl sites for hydroxylation is 1. The average molecular weight is 721 g/mol. The van der Waals surface area contributed by atoms with Crippen LogP contribution in [0.25, 0.3) is 22.4 Å². The van der Waals surface area contributed by atoms with Gasteiger partial charge in [-0.15, -0.1) is 0 Å². The van der Waals surface area contributed by atoms with Crippen molar-refractivity contribution in [2.75, 3.05) is 32.8 Å². The van der Waals surface area contributed by atoms with Gasteiger partial charge < -0.3 is 13.9 Å². The summed E-state index contributed by atoms with van der Waals surface area (Å²) in [5.74, 6) is 0.780. The molecule has 1 saturated heterocycles. The van der Waals surface area contributed by atoms with Crippen LogP contribution >= 0.6 is 0 Å². The molecular weight excluding hydrogens is 688 g/mol. The number of halogens is 1. The lowest BCUT2D eigenvalue weighted by molar-refractivity contribution is 0.0371. The Hall–Kier alpha value is -7.62. The first-order valence-electron chi connectivity index (χ1n) is 17.0. The number of aromatic nitrogens is 2. The number of morpholine rings is 1. The normalized spacial score (nSPS) is 10.7. The molecule has 0 atom stereocenters. The van der Waals surface area contributed by atoms with Gasteiger partial charge in [-0.3, -0.25) is 4.90 Å². The Morgan fingerprint density at radius 3 is 1.95 bits per heavy atom. The van der Waals surface area contributed by atoms with Gasteiger partial charge in [0.1, 0.15) is 28.9 Å². The third-order valence-corrected chi connectivity index (χ3v) is 7.47. The maximum atomic E-state index is 14.7. The zero-order chi connectivity index (χ0) is 38.8. The van der Waals surface area contributed by atoms with E-state index in [-0.39, 0.29) is 18.3 Å². The third kappa shape index (κ3) is 13.8. The van der Waals surface area contributed by atoms with Gasteiger partial charge in [0, 0.05) is 36.8 Å². The van der Waals surface area contributed by atoms with Crippen molar-refractivity contribution in [1.29, 1.82) is 5.26 Å². The van der Waals surface area contributed by atoms with Crippen LogP contribution < -0.4 is 4.74 Å². The Labute approximate surface area is 319 Å². The largest absolute Gasteiger partial charge is 0.467 e. The third-order valence-electron chi connectivity index (χ3n) is 7.47. The van der Waals surface area contributed by atoms with Crippen molar-refractivity contribution in [3.63, 3.8) is 0 Å². The molecule has 1 fully saturated rings. The monoisotopic (exact) mass is 720 g/mol. The van der Waals surface area contributed by atoms with Crippen LogP contribution in [0.2, 0.25) is 0 Å². The Bertz CT molecular complexity index is 2520. The van der Waals surface area contributed by atoms with Gasteiger partial charge in [0.05, 0.1) is 13.2 Å². The van der Waals surface area contributed by atoms with E-state index in [2.05, 4.69) is 120 Å². The number of nitriles is 1. The second-order valence-electron chi connectivity index (χ2n) is 11.1. The molecule has 55 heavy (non-hydrogen) atoms. The van der Waals surface area contributed by atoms with Gasteiger partial charge in [-0.25, -0.2) is 14.4 Å². The van der Waals surface area contributed by atoms with Gasteiger partial charge >= 0.3 is 0 Å². The fourth-order valence-corrected chi connectivity index (χ4v) is 5.02. The second-order valence-corrected chi connectivity index (χ2v) is 11.1. The Morgan fingerprint density at radius 2 is 1.35 bits per heavy atom. The molecule has 3 heterocycles. The van der Waals surface area contributed by atoms with Crippen LogP contribution in [0.15, 0.2) is 170 Å². The molecule has 0 unspecified atom stereocenters. The van der Waals surface area contributed by atoms with Crippen LogP contribution in [0.1, 0.15) is 30.1 Å². The van der Waals surface area contributed by atoms with E-state index in [0.717, 1.165) is 56.8 Å². The minimum absolute atomic E-state index is 0.0326. The molecule has 0 spiro atoms. The van der Waals surface area contributed by atoms with E-state index in [1.807, 2.05) is 30.3 Å². The van der Waals surface area contributed by atoms with Crippen LogP contribution in [0.4, 0.5) is 4.39 Å². The quantitative estimate of drug-likeness (QED) is 0.120. The number of ether oxygens (including phenoxy) is 2. The van der Waals surface area contributed by atoms with Crippen LogP contribution in [0.3, 0.4) is 0 Å². The molecule has 0 aliphatic carbocycles. The molecule has 5 rings (SSSR count). The molecule has 2 aromatic heterocycles. The first-order valence-corrected chi connectivity index (χ1v) is 17.0. The summed E-state index contributed by atoms with van der Waals surface area (Å²) in [7, 11) is 0. The maximum absolute atomic E-state index is 14.7. The number of pyridine rings is 1. The molecule has 0 N–H and O–H groups in total. The summed E-state index contributed by atoms with van der Waals surface area (Å²) >= 11 is 0. The number of oxazole rings is 1. The van der Waals surface area contributed by atoms with Crippen LogP contribution in [0.5, 0.6) is 5.88 Å². The van der Waals surface area contributed by atoms with Gasteiger partial charge in [-0.05, 0) is 131 Å². The van der Waals surface area contributed by atoms with E-state index in [1.165, 1.54) is 6.07 Å². The van der Waals surface area contributed by atoms with Crippen molar-refractivity contribution in [3.8, 4) is 34.3 Å². The molecule has 1 aliphatic heterocycles. The van der Waals surface area contributed by atoms with Gasteiger partial charge in [-0.1, -0.05) is 53.9 Å². The summed E-state index contributed by atoms with van der Waals surface area (Å²) in [5.41, 5.74) is 39.8. The summed E-state index contributed by atoms with van der Waals surface area (Å²) < 4.78 is 32.1. The highest BCUT2D eigenvalue weighted by Gasteiger charge is 2.20. The summed E-state index contributed by atoms with van der Waals surface area (Å²) in [4.78, 5) is 11.3. The maximum Gasteiger partial charge on any atom is 0.233 e. The van der Waals surface area contributed by atoms with E-state index < -0.39 is 0 Å². The summed E-state index contributed by atoms with van der Waals surface area (Å²) in [6.07, 6.45) is 4.11. The molecule has 4 aromatic rings. The van der Waals surface area contributed by atoms with Gasteiger partial charge in [0.25, 0.3) is 0 Å². The molecule has 0 saturated carbocycles. The van der Waals surface area contributed by atoms with Gasteiger partial charge in [-0.2, -0.15) is 5.26 Å². The lowest BCUT2D eigenvalue weighted by atomic mass is 10.0. The van der Waals surface area contributed by atoms with E-state index in [9.17, 15) is 9.65 Å². The lowest BCUT2D eigenvalue weighted by Gasteiger charge is -2.26. The minimum atomic E-state index is -0.355. The van der Waals surface area contributed by atoms with Crippen molar-refractivity contribution in [2.45, 2.75) is 25.9 Å². The Morgan fingerprint density at radius 1 is 0.745 bits per heavy atom. The molecule has 0 radical (unpaired) electrons. The number of nitrogens with zero attached hydrogens (tertiary/aromatic N) is 4. The SMILES string of the molecule is C=C=C=C=C=C=C=C=C=C=C=C=C=C=C=C=C.N#Cc1c(-c2ccccc2)ccnc1OCc1nc(-c2ccccc2F)c(CCCCN2CCOCC2)o1. The smallest absolute Gasteiger partial charge is 0.233 e. The van der Waals surface area contributed by atoms with Gasteiger partial charge in [0.2, 0.25) is 11.8 Å². The van der Waals surface area contributed by atoms with Gasteiger partial charge in [0.15, 0.2) is 6.61 Å². The molecule has 7 nitrogen and oxygen atoms in total. The number of hydrogen-bond donors (Lipinski definition) is 0. The van der Waals surface area contributed by atoms with E-state index in [4.69, 9.17) is 13.9 Å². The highest BCUT2D eigenvalue weighted by molar-refractivity contribution is 5.72. The molecular formula is C47H33FN4O3. The number of hydrogen-bond acceptors (Lipinski definition) is 7. The number of rotatable bonds is 10. The zero-order valence-electron chi connectivity index (χ0n) is 30.0. The second kappa shape index (κ2) is 23.8. The van der Waals surface area contributed by atoms with Crippen molar-refractivity contribution in [2.24, 2.45) is 0 Å². The van der Waals surface area contributed by atoms with Crippen LogP contribution in [-0.4, -0.2) is 47.7 Å². The molecule has 2 aromatic carbocycles. The molecule has 0 amide bonds. The topological polar surface area (TPSA) is 84.4 Å². The Balaban J connectivity index is 0.000000335. The number of benzene rings is 2. The fourth-order valence-electron chi connectivity index (χ4n) is 5.02.